The molecule has 7 rings (SSSR count). The fourth-order valence-corrected chi connectivity index (χ4v) is 5.59. The van der Waals surface area contributed by atoms with Crippen LogP contribution in [-0.2, 0) is 0 Å². The highest BCUT2D eigenvalue weighted by Gasteiger charge is 2.19. The third-order valence-corrected chi connectivity index (χ3v) is 7.26. The van der Waals surface area contributed by atoms with E-state index < -0.39 is 0 Å². The maximum absolute atomic E-state index is 3.75. The summed E-state index contributed by atoms with van der Waals surface area (Å²) in [6, 6.07) is 52.1. The molecule has 1 aromatic heterocycles. The number of nitrogens with one attached hydrogen (secondary N) is 1. The van der Waals surface area contributed by atoms with E-state index in [1.807, 2.05) is 0 Å². The summed E-state index contributed by atoms with van der Waals surface area (Å²) in [6.07, 6.45) is 0. The van der Waals surface area contributed by atoms with Crippen LogP contribution in [0, 0.1) is 0 Å². The molecule has 0 radical (unpaired) electrons. The molecule has 0 aliphatic heterocycles. The third-order valence-electron chi connectivity index (χ3n) is 7.26. The van der Waals surface area contributed by atoms with Gasteiger partial charge in [-0.25, -0.2) is 0 Å². The first-order valence-electron chi connectivity index (χ1n) is 12.7. The maximum atomic E-state index is 3.75. The quantitative estimate of drug-likeness (QED) is 0.263. The molecule has 1 heterocycles. The topological polar surface area (TPSA) is 15.8 Å². The zero-order chi connectivity index (χ0) is 24.6. The van der Waals surface area contributed by atoms with Crippen LogP contribution >= 0.6 is 0 Å². The number of hydrogen-bond donors (Lipinski definition) is 1. The van der Waals surface area contributed by atoms with E-state index in [1.165, 1.54) is 60.8 Å². The number of rotatable bonds is 4. The smallest absolute Gasteiger partial charge is 0.0550 e. The Hall–Kier alpha value is -4.88. The van der Waals surface area contributed by atoms with Gasteiger partial charge in [-0.3, -0.25) is 0 Å². The van der Waals surface area contributed by atoms with Crippen molar-refractivity contribution in [3.05, 3.63) is 146 Å². The molecule has 1 nitrogen and oxygen atoms in total. The van der Waals surface area contributed by atoms with Crippen molar-refractivity contribution in [3.63, 3.8) is 0 Å². The Balaban J connectivity index is 1.54. The van der Waals surface area contributed by atoms with E-state index >= 15 is 0 Å². The van der Waals surface area contributed by atoms with Crippen molar-refractivity contribution in [3.8, 4) is 44.5 Å². The molecule has 0 bridgehead atoms. The molecule has 0 saturated carbocycles. The summed E-state index contributed by atoms with van der Waals surface area (Å²) < 4.78 is 0. The fraction of sp³-hybridized carbons (Fsp3) is 0. The average Bonchev–Trinajstić information content (AvgIpc) is 3.36. The van der Waals surface area contributed by atoms with Gasteiger partial charge in [0.25, 0.3) is 0 Å². The van der Waals surface area contributed by atoms with E-state index in [0.717, 1.165) is 5.52 Å². The molecule has 37 heavy (non-hydrogen) atoms. The Bertz CT molecular complexity index is 1860. The van der Waals surface area contributed by atoms with Gasteiger partial charge in [-0.2, -0.15) is 0 Å². The van der Waals surface area contributed by atoms with E-state index in [1.54, 1.807) is 0 Å². The van der Waals surface area contributed by atoms with Gasteiger partial charge < -0.3 is 4.98 Å². The van der Waals surface area contributed by atoms with Crippen LogP contribution in [0.15, 0.2) is 146 Å². The summed E-state index contributed by atoms with van der Waals surface area (Å²) in [4.78, 5) is 3.75. The van der Waals surface area contributed by atoms with E-state index in [4.69, 9.17) is 0 Å². The monoisotopic (exact) mass is 471 g/mol. The Morgan fingerprint density at radius 1 is 0.324 bits per heavy atom. The predicted octanol–water partition coefficient (Wildman–Crippen LogP) is 9.99. The number of aromatic amines is 1. The Morgan fingerprint density at radius 2 is 0.838 bits per heavy atom. The fourth-order valence-electron chi connectivity index (χ4n) is 5.59. The van der Waals surface area contributed by atoms with Gasteiger partial charge in [0.15, 0.2) is 0 Å². The highest BCUT2D eigenvalue weighted by molar-refractivity contribution is 6.15. The highest BCUT2D eigenvalue weighted by Crippen LogP contribution is 2.44. The Labute approximate surface area is 216 Å². The molecule has 0 amide bonds. The van der Waals surface area contributed by atoms with Crippen LogP contribution in [-0.4, -0.2) is 4.98 Å². The minimum absolute atomic E-state index is 1.16. The van der Waals surface area contributed by atoms with Crippen molar-refractivity contribution < 1.29 is 0 Å². The van der Waals surface area contributed by atoms with Gasteiger partial charge >= 0.3 is 0 Å². The van der Waals surface area contributed by atoms with E-state index in [2.05, 4.69) is 151 Å². The Kier molecular flexibility index (Phi) is 5.19. The zero-order valence-electron chi connectivity index (χ0n) is 20.4. The number of benzene rings is 6. The molecule has 0 fully saturated rings. The van der Waals surface area contributed by atoms with Gasteiger partial charge in [0.05, 0.1) is 5.52 Å². The van der Waals surface area contributed by atoms with Crippen molar-refractivity contribution in [1.82, 2.24) is 4.98 Å². The molecule has 0 saturated heterocycles. The minimum Gasteiger partial charge on any atom is -0.354 e. The SMILES string of the molecule is c1ccc(-c2ccccc2-c2ccccc2-c2ccc3c([nH]c4ccccc43)c2-c2ccccc2)cc1. The van der Waals surface area contributed by atoms with Gasteiger partial charge in [0.2, 0.25) is 0 Å². The minimum atomic E-state index is 1.16. The molecule has 1 N–H and O–H groups in total. The van der Waals surface area contributed by atoms with Crippen molar-refractivity contribution in [1.29, 1.82) is 0 Å². The molecule has 0 aliphatic carbocycles. The van der Waals surface area contributed by atoms with Crippen LogP contribution in [0.25, 0.3) is 66.3 Å². The number of aromatic nitrogens is 1. The highest BCUT2D eigenvalue weighted by atomic mass is 14.7. The lowest BCUT2D eigenvalue weighted by Crippen LogP contribution is -1.92. The lowest BCUT2D eigenvalue weighted by molar-refractivity contribution is 1.52. The van der Waals surface area contributed by atoms with Crippen molar-refractivity contribution in [2.75, 3.05) is 0 Å². The lowest BCUT2D eigenvalue weighted by atomic mass is 9.86. The first-order valence-corrected chi connectivity index (χ1v) is 12.7. The molecular formula is C36H25N. The second-order valence-electron chi connectivity index (χ2n) is 9.40. The van der Waals surface area contributed by atoms with Crippen LogP contribution in [0.5, 0.6) is 0 Å². The number of H-pyrrole nitrogens is 1. The molecule has 0 atom stereocenters. The molecule has 0 spiro atoms. The summed E-state index contributed by atoms with van der Waals surface area (Å²) in [5.41, 5.74) is 12.2. The summed E-state index contributed by atoms with van der Waals surface area (Å²) in [6.45, 7) is 0. The second kappa shape index (κ2) is 8.96. The zero-order valence-corrected chi connectivity index (χ0v) is 20.4. The van der Waals surface area contributed by atoms with Crippen LogP contribution in [0.3, 0.4) is 0 Å². The Morgan fingerprint density at radius 3 is 1.54 bits per heavy atom. The standard InChI is InChI=1S/C36H25N/c1-3-13-25(14-4-1)27-17-7-8-18-28(27)29-19-9-10-20-30(29)32-23-24-33-31-21-11-12-22-34(31)37-36(33)35(32)26-15-5-2-6-16-26/h1-24,37H. The second-order valence-corrected chi connectivity index (χ2v) is 9.40. The van der Waals surface area contributed by atoms with Crippen molar-refractivity contribution in [2.24, 2.45) is 0 Å². The summed E-state index contributed by atoms with van der Waals surface area (Å²) in [7, 11) is 0. The van der Waals surface area contributed by atoms with Gasteiger partial charge in [0, 0.05) is 21.9 Å². The lowest BCUT2D eigenvalue weighted by Gasteiger charge is -2.18. The molecule has 174 valence electrons. The van der Waals surface area contributed by atoms with Crippen LogP contribution < -0.4 is 0 Å². The average molecular weight is 472 g/mol. The summed E-state index contributed by atoms with van der Waals surface area (Å²) >= 11 is 0. The first-order chi connectivity index (χ1) is 18.4. The third kappa shape index (κ3) is 3.64. The van der Waals surface area contributed by atoms with Crippen LogP contribution in [0.4, 0.5) is 0 Å². The predicted molar refractivity (Wildman–Crippen MR) is 158 cm³/mol. The molecule has 0 aliphatic rings. The van der Waals surface area contributed by atoms with Gasteiger partial charge in [0.1, 0.15) is 0 Å². The number of hydrogen-bond acceptors (Lipinski definition) is 0. The number of fused-ring (bicyclic) bond motifs is 3. The maximum Gasteiger partial charge on any atom is 0.0550 e. The van der Waals surface area contributed by atoms with Gasteiger partial charge in [-0.15, -0.1) is 0 Å². The molecule has 1 heteroatoms. The normalized spacial score (nSPS) is 11.2. The van der Waals surface area contributed by atoms with Crippen molar-refractivity contribution >= 4 is 21.8 Å². The van der Waals surface area contributed by atoms with E-state index in [9.17, 15) is 0 Å². The van der Waals surface area contributed by atoms with Crippen molar-refractivity contribution in [2.45, 2.75) is 0 Å². The summed E-state index contributed by atoms with van der Waals surface area (Å²) in [5.74, 6) is 0. The number of para-hydroxylation sites is 1. The van der Waals surface area contributed by atoms with E-state index in [0.29, 0.717) is 0 Å². The van der Waals surface area contributed by atoms with Gasteiger partial charge in [-0.1, -0.05) is 140 Å². The molecule has 0 unspecified atom stereocenters. The molecule has 6 aromatic carbocycles. The van der Waals surface area contributed by atoms with Gasteiger partial charge in [-0.05, 0) is 45.0 Å². The van der Waals surface area contributed by atoms with Crippen LogP contribution in [0.2, 0.25) is 0 Å². The first kappa shape index (κ1) is 21.4. The molecule has 7 aromatic rings. The van der Waals surface area contributed by atoms with E-state index in [-0.39, 0.29) is 0 Å². The summed E-state index contributed by atoms with van der Waals surface area (Å²) in [5, 5.41) is 2.50. The largest absolute Gasteiger partial charge is 0.354 e. The molecular weight excluding hydrogens is 446 g/mol. The van der Waals surface area contributed by atoms with Crippen LogP contribution in [0.1, 0.15) is 0 Å².